The maximum Gasteiger partial charge on any atom is 0.257 e. The van der Waals surface area contributed by atoms with Crippen LogP contribution in [-0.2, 0) is 0 Å². The maximum absolute atomic E-state index is 13.5. The van der Waals surface area contributed by atoms with Gasteiger partial charge in [-0.1, -0.05) is 35.9 Å². The average molecular weight is 683 g/mol. The number of allylic oxidation sites excluding steroid dienone is 1. The third kappa shape index (κ3) is 6.72. The van der Waals surface area contributed by atoms with Gasteiger partial charge >= 0.3 is 0 Å². The second kappa shape index (κ2) is 12.5. The smallest absolute Gasteiger partial charge is 0.257 e. The summed E-state index contributed by atoms with van der Waals surface area (Å²) in [6.07, 6.45) is 5.07. The number of carbonyl (C=O) groups is 1. The van der Waals surface area contributed by atoms with E-state index in [1.807, 2.05) is 30.5 Å². The third-order valence-corrected chi connectivity index (χ3v) is 6.93. The number of hydrogen-bond donors (Lipinski definition) is 3. The number of nitrogens with zero attached hydrogens (tertiary/aromatic N) is 3. The Balaban J connectivity index is 1.42. The zero-order chi connectivity index (χ0) is 28.9. The molecule has 0 radical (unpaired) electrons. The second-order valence-electron chi connectivity index (χ2n) is 8.82. The van der Waals surface area contributed by atoms with Crippen LogP contribution in [0.4, 0.5) is 20.2 Å². The highest BCUT2D eigenvalue weighted by Gasteiger charge is 2.18. The van der Waals surface area contributed by atoms with Crippen LogP contribution in [0, 0.1) is 11.6 Å². The van der Waals surface area contributed by atoms with Gasteiger partial charge in [-0.25, -0.2) is 13.3 Å². The van der Waals surface area contributed by atoms with E-state index in [1.165, 1.54) is 24.3 Å². The molecule has 4 N–H and O–H groups in total. The fraction of sp³-hybridized carbons (Fsp3) is 0.0333. The Hall–Kier alpha value is -4.29. The van der Waals surface area contributed by atoms with Gasteiger partial charge in [-0.3, -0.25) is 9.79 Å². The first-order valence-corrected chi connectivity index (χ1v) is 13.9. The van der Waals surface area contributed by atoms with Crippen LogP contribution < -0.4 is 16.4 Å². The minimum Gasteiger partial charge on any atom is -0.398 e. The lowest BCUT2D eigenvalue weighted by atomic mass is 10.0. The molecule has 206 valence electrons. The van der Waals surface area contributed by atoms with E-state index in [4.69, 9.17) is 22.4 Å². The highest BCUT2D eigenvalue weighted by molar-refractivity contribution is 14.1. The molecular weight excluding hydrogens is 661 g/mol. The number of alkyl halides is 1. The molecule has 0 aliphatic carbocycles. The summed E-state index contributed by atoms with van der Waals surface area (Å²) in [5.41, 5.74) is 11.0. The van der Waals surface area contributed by atoms with Crippen molar-refractivity contribution in [3.8, 4) is 11.3 Å². The van der Waals surface area contributed by atoms with E-state index < -0.39 is 11.7 Å². The Morgan fingerprint density at radius 2 is 1.78 bits per heavy atom. The molecule has 0 spiro atoms. The lowest BCUT2D eigenvalue weighted by Crippen LogP contribution is -2.12. The number of rotatable bonds is 8. The third-order valence-electron chi connectivity index (χ3n) is 5.98. The summed E-state index contributed by atoms with van der Waals surface area (Å²) in [7, 11) is 0. The fourth-order valence-electron chi connectivity index (χ4n) is 4.14. The zero-order valence-electron chi connectivity index (χ0n) is 21.2. The molecule has 5 rings (SSSR count). The number of anilines is 2. The number of aromatic nitrogens is 2. The van der Waals surface area contributed by atoms with Crippen molar-refractivity contribution in [2.45, 2.75) is 4.17 Å². The molecule has 0 bridgehead atoms. The van der Waals surface area contributed by atoms with Gasteiger partial charge in [0, 0.05) is 35.0 Å². The quantitative estimate of drug-likeness (QED) is 0.0689. The van der Waals surface area contributed by atoms with Gasteiger partial charge in [0.1, 0.15) is 17.3 Å². The Labute approximate surface area is 252 Å². The second-order valence-corrected chi connectivity index (χ2v) is 10.4. The van der Waals surface area contributed by atoms with Crippen molar-refractivity contribution in [3.63, 3.8) is 0 Å². The van der Waals surface area contributed by atoms with Crippen LogP contribution >= 0.6 is 34.2 Å². The molecule has 0 saturated heterocycles. The van der Waals surface area contributed by atoms with Crippen LogP contribution in [-0.4, -0.2) is 25.9 Å². The van der Waals surface area contributed by atoms with Crippen LogP contribution in [0.1, 0.15) is 15.9 Å². The first-order valence-electron chi connectivity index (χ1n) is 12.3. The molecule has 1 unspecified atom stereocenters. The number of hydrogen-bond acceptors (Lipinski definition) is 5. The minimum absolute atomic E-state index is 0.0146. The van der Waals surface area contributed by atoms with Gasteiger partial charge < -0.3 is 16.4 Å². The molecule has 2 aromatic heterocycles. The highest BCUT2D eigenvalue weighted by atomic mass is 127. The molecule has 3 aromatic carbocycles. The molecule has 2 heterocycles. The average Bonchev–Trinajstić information content (AvgIpc) is 3.33. The van der Waals surface area contributed by atoms with Crippen molar-refractivity contribution in [1.82, 2.24) is 9.61 Å². The van der Waals surface area contributed by atoms with Crippen molar-refractivity contribution in [1.29, 1.82) is 0 Å². The summed E-state index contributed by atoms with van der Waals surface area (Å²) < 4.78 is 28.3. The van der Waals surface area contributed by atoms with E-state index in [2.05, 4.69) is 38.2 Å². The van der Waals surface area contributed by atoms with E-state index >= 15 is 0 Å². The molecule has 5 aromatic rings. The van der Waals surface area contributed by atoms with E-state index in [0.717, 1.165) is 11.6 Å². The standard InChI is InChI=1S/C30H22ClF2IN6O/c31-24-17-20(33)10-11-23(24)29(41)37-21-7-3-5-18(15-21)28-27(26-9-1-2-14-40(26)39-28)25(35)12-13-36-30(34)38-22-8-4-6-19(32)16-22/h1-17,30,38H,35H2,(H,37,41)/b25-12-,36-13?. The van der Waals surface area contributed by atoms with Gasteiger partial charge in [0.15, 0.2) is 4.17 Å². The maximum atomic E-state index is 13.5. The molecular formula is C30H22ClF2IN6O. The highest BCUT2D eigenvalue weighted by Crippen LogP contribution is 2.31. The Kier molecular flexibility index (Phi) is 8.60. The van der Waals surface area contributed by atoms with Crippen molar-refractivity contribution >= 4 is 68.9 Å². The van der Waals surface area contributed by atoms with Crippen molar-refractivity contribution in [2.24, 2.45) is 10.7 Å². The molecule has 0 aliphatic rings. The van der Waals surface area contributed by atoms with Gasteiger partial charge in [0.25, 0.3) is 5.91 Å². The summed E-state index contributed by atoms with van der Waals surface area (Å²) in [6, 6.07) is 22.5. The molecule has 11 heteroatoms. The molecule has 1 amide bonds. The monoisotopic (exact) mass is 682 g/mol. The van der Waals surface area contributed by atoms with Crippen LogP contribution in [0.25, 0.3) is 22.5 Å². The predicted molar refractivity (Wildman–Crippen MR) is 168 cm³/mol. The number of nitrogens with one attached hydrogen (secondary N) is 2. The topological polar surface area (TPSA) is 96.8 Å². The first-order chi connectivity index (χ1) is 19.8. The number of benzene rings is 3. The SMILES string of the molecule is N/C(=C\C=NC(I)Nc1cccc(F)c1)c1c(-c2cccc(NC(=O)c3ccc(F)cc3Cl)c2)nn2ccccc12. The number of halogens is 4. The van der Waals surface area contributed by atoms with Gasteiger partial charge in [-0.15, -0.1) is 0 Å². The molecule has 0 saturated carbocycles. The molecule has 7 nitrogen and oxygen atoms in total. The van der Waals surface area contributed by atoms with Crippen LogP contribution in [0.3, 0.4) is 0 Å². The lowest BCUT2D eigenvalue weighted by Gasteiger charge is -2.09. The fourth-order valence-corrected chi connectivity index (χ4v) is 4.94. The number of amides is 1. The van der Waals surface area contributed by atoms with Gasteiger partial charge in [-0.05, 0) is 89.3 Å². The molecule has 1 atom stereocenters. The summed E-state index contributed by atoms with van der Waals surface area (Å²) in [6.45, 7) is 0. The number of pyridine rings is 1. The summed E-state index contributed by atoms with van der Waals surface area (Å²) >= 11 is 8.15. The van der Waals surface area contributed by atoms with Crippen LogP contribution in [0.5, 0.6) is 0 Å². The largest absolute Gasteiger partial charge is 0.398 e. The van der Waals surface area contributed by atoms with E-state index in [-0.39, 0.29) is 20.6 Å². The van der Waals surface area contributed by atoms with Gasteiger partial charge in [0.05, 0.1) is 21.7 Å². The van der Waals surface area contributed by atoms with Crippen LogP contribution in [0.2, 0.25) is 5.02 Å². The summed E-state index contributed by atoms with van der Waals surface area (Å²) in [5.74, 6) is -1.34. The van der Waals surface area contributed by atoms with E-state index in [0.29, 0.717) is 33.9 Å². The van der Waals surface area contributed by atoms with E-state index in [9.17, 15) is 13.6 Å². The number of aliphatic imine (C=N–C) groups is 1. The zero-order valence-corrected chi connectivity index (χ0v) is 24.1. The normalized spacial score (nSPS) is 12.5. The van der Waals surface area contributed by atoms with Gasteiger partial charge in [0.2, 0.25) is 0 Å². The summed E-state index contributed by atoms with van der Waals surface area (Å²) in [5, 5.41) is 10.7. The minimum atomic E-state index is -0.527. The summed E-state index contributed by atoms with van der Waals surface area (Å²) in [4.78, 5) is 17.2. The number of nitrogens with two attached hydrogens (primary N) is 1. The Bertz CT molecular complexity index is 1810. The Morgan fingerprint density at radius 1 is 1.00 bits per heavy atom. The lowest BCUT2D eigenvalue weighted by molar-refractivity contribution is 0.102. The van der Waals surface area contributed by atoms with Crippen molar-refractivity contribution < 1.29 is 13.6 Å². The van der Waals surface area contributed by atoms with Crippen molar-refractivity contribution in [3.05, 3.63) is 125 Å². The molecule has 0 fully saturated rings. The van der Waals surface area contributed by atoms with E-state index in [1.54, 1.807) is 47.1 Å². The molecule has 41 heavy (non-hydrogen) atoms. The van der Waals surface area contributed by atoms with Crippen molar-refractivity contribution in [2.75, 3.05) is 10.6 Å². The number of fused-ring (bicyclic) bond motifs is 1. The first kappa shape index (κ1) is 28.2. The van der Waals surface area contributed by atoms with Gasteiger partial charge in [-0.2, -0.15) is 5.10 Å². The molecule has 0 aliphatic heterocycles. The Morgan fingerprint density at radius 3 is 2.59 bits per heavy atom. The van der Waals surface area contributed by atoms with Crippen LogP contribution in [0.15, 0.2) is 102 Å². The predicted octanol–water partition coefficient (Wildman–Crippen LogP) is 7.39. The number of carbonyl (C=O) groups excluding carboxylic acids is 1.